The molecule has 0 saturated carbocycles. The second-order valence-corrected chi connectivity index (χ2v) is 10.9. The van der Waals surface area contributed by atoms with Crippen LogP contribution in [0.3, 0.4) is 0 Å². The lowest BCUT2D eigenvalue weighted by Gasteiger charge is -2.34. The number of nitrogens with zero attached hydrogens (tertiary/aromatic N) is 5. The van der Waals surface area contributed by atoms with Crippen LogP contribution in [0.15, 0.2) is 79.1 Å². The van der Waals surface area contributed by atoms with Crippen molar-refractivity contribution in [2.75, 3.05) is 56.7 Å². The number of likely N-dealkylation sites (N-methyl/N-ethyl adjacent to an activating group) is 1. The average molecular weight is 581 g/mol. The van der Waals surface area contributed by atoms with Crippen LogP contribution in [0, 0.1) is 0 Å². The molecule has 1 unspecified atom stereocenters. The van der Waals surface area contributed by atoms with Gasteiger partial charge in [0.2, 0.25) is 5.95 Å². The van der Waals surface area contributed by atoms with Crippen LogP contribution in [0.2, 0.25) is 0 Å². The third-order valence-electron chi connectivity index (χ3n) is 7.89. The molecule has 2 N–H and O–H groups in total. The number of carbonyl (C=O) groups is 1. The summed E-state index contributed by atoms with van der Waals surface area (Å²) >= 11 is 0. The molecule has 2 aliphatic heterocycles. The lowest BCUT2D eigenvalue weighted by atomic mass is 9.97. The van der Waals surface area contributed by atoms with Gasteiger partial charge < -0.3 is 29.7 Å². The molecule has 0 bridgehead atoms. The monoisotopic (exact) mass is 580 g/mol. The van der Waals surface area contributed by atoms with Crippen molar-refractivity contribution in [1.29, 1.82) is 0 Å². The fraction of sp³-hybridized carbons (Fsp3) is 0.333. The predicted octanol–water partition coefficient (Wildman–Crippen LogP) is 4.51. The van der Waals surface area contributed by atoms with Gasteiger partial charge in [-0.2, -0.15) is 4.98 Å². The van der Waals surface area contributed by atoms with Gasteiger partial charge in [0.05, 0.1) is 18.8 Å². The number of rotatable bonds is 9. The van der Waals surface area contributed by atoms with E-state index in [9.17, 15) is 9.90 Å². The van der Waals surface area contributed by atoms with Crippen LogP contribution in [0.4, 0.5) is 17.3 Å². The standard InChI is InChI=1S/C33H36N6O4/c1-38-15-17-39(18-16-38)26-10-8-25(9-11-26)36-33-35-22-34-32(37-33)24-7-12-29(43-27-13-19-42-20-14-27)28(21-24)31(41)30(40)23-5-3-2-4-6-23/h2-12,21-22,27,30,40H,13-20H2,1H3,(H,34,35,36,37). The Morgan fingerprint density at radius 1 is 0.977 bits per heavy atom. The fourth-order valence-electron chi connectivity index (χ4n) is 5.32. The van der Waals surface area contributed by atoms with E-state index in [4.69, 9.17) is 9.47 Å². The van der Waals surface area contributed by atoms with Crippen LogP contribution >= 0.6 is 0 Å². The Hall–Kier alpha value is -4.38. The molecule has 43 heavy (non-hydrogen) atoms. The van der Waals surface area contributed by atoms with Crippen LogP contribution in [-0.4, -0.2) is 83.3 Å². The van der Waals surface area contributed by atoms with Crippen molar-refractivity contribution < 1.29 is 19.4 Å². The minimum absolute atomic E-state index is 0.0735. The molecule has 2 saturated heterocycles. The largest absolute Gasteiger partial charge is 0.489 e. The Labute approximate surface area is 251 Å². The summed E-state index contributed by atoms with van der Waals surface area (Å²) in [6.45, 7) is 5.33. The number of hydrogen-bond donors (Lipinski definition) is 2. The van der Waals surface area contributed by atoms with E-state index in [0.29, 0.717) is 41.9 Å². The summed E-state index contributed by atoms with van der Waals surface area (Å²) in [5.74, 6) is 0.746. The van der Waals surface area contributed by atoms with Crippen molar-refractivity contribution in [3.8, 4) is 17.1 Å². The molecule has 0 aliphatic carbocycles. The summed E-state index contributed by atoms with van der Waals surface area (Å²) in [7, 11) is 2.15. The number of aliphatic hydroxyl groups is 1. The number of Topliss-reactive ketones (excluding diaryl/α,β-unsaturated/α-hetero) is 1. The van der Waals surface area contributed by atoms with Crippen LogP contribution in [0.5, 0.6) is 5.75 Å². The van der Waals surface area contributed by atoms with Crippen LogP contribution < -0.4 is 15.0 Å². The third-order valence-corrected chi connectivity index (χ3v) is 7.89. The number of aliphatic hydroxyl groups excluding tert-OH is 1. The number of ether oxygens (including phenoxy) is 2. The lowest BCUT2D eigenvalue weighted by Crippen LogP contribution is -2.44. The number of anilines is 3. The van der Waals surface area contributed by atoms with Gasteiger partial charge in [0, 0.05) is 56.0 Å². The lowest BCUT2D eigenvalue weighted by molar-refractivity contribution is 0.0250. The summed E-state index contributed by atoms with van der Waals surface area (Å²) in [6, 6.07) is 22.4. The first kappa shape index (κ1) is 28.7. The smallest absolute Gasteiger partial charge is 0.230 e. The molecule has 0 radical (unpaired) electrons. The maximum atomic E-state index is 13.6. The van der Waals surface area contributed by atoms with E-state index < -0.39 is 11.9 Å². The minimum atomic E-state index is -1.34. The van der Waals surface area contributed by atoms with Crippen molar-refractivity contribution in [1.82, 2.24) is 19.9 Å². The van der Waals surface area contributed by atoms with E-state index in [0.717, 1.165) is 44.7 Å². The highest BCUT2D eigenvalue weighted by molar-refractivity contribution is 6.03. The number of piperazine rings is 1. The topological polar surface area (TPSA) is 113 Å². The van der Waals surface area contributed by atoms with Gasteiger partial charge >= 0.3 is 0 Å². The van der Waals surface area contributed by atoms with Gasteiger partial charge in [-0.05, 0) is 55.1 Å². The normalized spacial score (nSPS) is 16.9. The molecule has 222 valence electrons. The Kier molecular flexibility index (Phi) is 8.88. The number of hydrogen-bond acceptors (Lipinski definition) is 10. The summed E-state index contributed by atoms with van der Waals surface area (Å²) in [5, 5.41) is 14.2. The van der Waals surface area contributed by atoms with Gasteiger partial charge in [0.25, 0.3) is 0 Å². The second kappa shape index (κ2) is 13.3. The number of benzene rings is 3. The molecule has 2 fully saturated rings. The quantitative estimate of drug-likeness (QED) is 0.274. The van der Waals surface area contributed by atoms with E-state index in [1.54, 1.807) is 36.4 Å². The molecule has 2 aliphatic rings. The van der Waals surface area contributed by atoms with E-state index in [-0.39, 0.29) is 11.7 Å². The van der Waals surface area contributed by atoms with Crippen molar-refractivity contribution in [3.63, 3.8) is 0 Å². The SMILES string of the molecule is CN1CCN(c2ccc(Nc3ncnc(-c4ccc(OC5CCOCC5)c(C(=O)C(O)c5ccccc5)c4)n3)cc2)CC1. The van der Waals surface area contributed by atoms with Crippen molar-refractivity contribution in [2.24, 2.45) is 0 Å². The zero-order valence-corrected chi connectivity index (χ0v) is 24.2. The van der Waals surface area contributed by atoms with Crippen LogP contribution in [0.1, 0.15) is 34.9 Å². The zero-order valence-electron chi connectivity index (χ0n) is 24.2. The first-order valence-electron chi connectivity index (χ1n) is 14.7. The first-order chi connectivity index (χ1) is 21.0. The molecule has 0 amide bonds. The van der Waals surface area contributed by atoms with Gasteiger partial charge in [-0.25, -0.2) is 9.97 Å². The summed E-state index contributed by atoms with van der Waals surface area (Å²) in [6.07, 6.45) is 1.49. The van der Waals surface area contributed by atoms with Crippen LogP contribution in [-0.2, 0) is 4.74 Å². The summed E-state index contributed by atoms with van der Waals surface area (Å²) < 4.78 is 11.7. The Morgan fingerprint density at radius 2 is 1.72 bits per heavy atom. The maximum Gasteiger partial charge on any atom is 0.230 e. The molecule has 1 atom stereocenters. The molecule has 0 spiro atoms. The Bertz CT molecular complexity index is 1520. The van der Waals surface area contributed by atoms with E-state index >= 15 is 0 Å². The van der Waals surface area contributed by atoms with Crippen molar-refractivity contribution >= 4 is 23.1 Å². The summed E-state index contributed by atoms with van der Waals surface area (Å²) in [4.78, 5) is 31.7. The molecule has 4 aromatic rings. The Balaban J connectivity index is 1.23. The third kappa shape index (κ3) is 6.99. The second-order valence-electron chi connectivity index (χ2n) is 10.9. The van der Waals surface area contributed by atoms with Gasteiger partial charge in [-0.1, -0.05) is 30.3 Å². The van der Waals surface area contributed by atoms with E-state index in [1.165, 1.54) is 12.0 Å². The van der Waals surface area contributed by atoms with Gasteiger partial charge in [-0.15, -0.1) is 0 Å². The maximum absolute atomic E-state index is 13.6. The molecule has 3 heterocycles. The predicted molar refractivity (Wildman–Crippen MR) is 165 cm³/mol. The first-order valence-corrected chi connectivity index (χ1v) is 14.7. The number of carbonyl (C=O) groups excluding carboxylic acids is 1. The van der Waals surface area contributed by atoms with E-state index in [1.807, 2.05) is 24.3 Å². The van der Waals surface area contributed by atoms with Crippen LogP contribution in [0.25, 0.3) is 11.4 Å². The molecule has 10 nitrogen and oxygen atoms in total. The Morgan fingerprint density at radius 3 is 2.47 bits per heavy atom. The average Bonchev–Trinajstić information content (AvgIpc) is 3.06. The summed E-state index contributed by atoms with van der Waals surface area (Å²) in [5.41, 5.74) is 3.44. The van der Waals surface area contributed by atoms with Crippen molar-refractivity contribution in [2.45, 2.75) is 25.0 Å². The highest BCUT2D eigenvalue weighted by atomic mass is 16.5. The number of nitrogens with one attached hydrogen (secondary N) is 1. The molecule has 1 aromatic heterocycles. The number of ketones is 1. The number of aromatic nitrogens is 3. The van der Waals surface area contributed by atoms with E-state index in [2.05, 4.69) is 49.2 Å². The molecule has 3 aromatic carbocycles. The van der Waals surface area contributed by atoms with Gasteiger partial charge in [0.1, 0.15) is 24.3 Å². The van der Waals surface area contributed by atoms with Gasteiger partial charge in [0.15, 0.2) is 11.6 Å². The molecular weight excluding hydrogens is 544 g/mol. The molecule has 10 heteroatoms. The highest BCUT2D eigenvalue weighted by Gasteiger charge is 2.26. The zero-order chi connectivity index (χ0) is 29.6. The van der Waals surface area contributed by atoms with Crippen molar-refractivity contribution in [3.05, 3.63) is 90.3 Å². The molecular formula is C33H36N6O4. The molecule has 6 rings (SSSR count). The highest BCUT2D eigenvalue weighted by Crippen LogP contribution is 2.31. The fourth-order valence-corrected chi connectivity index (χ4v) is 5.32. The van der Waals surface area contributed by atoms with Gasteiger partial charge in [-0.3, -0.25) is 4.79 Å². The minimum Gasteiger partial charge on any atom is -0.489 e.